The number of nitrogens with two attached hydrogens (primary N) is 1. The summed E-state index contributed by atoms with van der Waals surface area (Å²) in [4.78, 5) is 4.48. The van der Waals surface area contributed by atoms with E-state index in [4.69, 9.17) is 5.73 Å². The molecular formula is C12H23N5O2S2. The Morgan fingerprint density at radius 3 is 2.48 bits per heavy atom. The van der Waals surface area contributed by atoms with Crippen molar-refractivity contribution in [2.24, 2.45) is 0 Å². The highest BCUT2D eigenvalue weighted by Crippen LogP contribution is 2.37. The van der Waals surface area contributed by atoms with E-state index < -0.39 is 10.0 Å². The van der Waals surface area contributed by atoms with Crippen molar-refractivity contribution in [3.63, 3.8) is 0 Å². The smallest absolute Gasteiger partial charge is 0.249 e. The summed E-state index contributed by atoms with van der Waals surface area (Å²) in [7, 11) is 1.49. The van der Waals surface area contributed by atoms with Crippen molar-refractivity contribution < 1.29 is 8.42 Å². The van der Waals surface area contributed by atoms with Crippen LogP contribution in [0.4, 0.5) is 10.8 Å². The van der Waals surface area contributed by atoms with Crippen molar-refractivity contribution in [1.82, 2.24) is 13.6 Å². The summed E-state index contributed by atoms with van der Waals surface area (Å²) in [6.45, 7) is 6.65. The Kier molecular flexibility index (Phi) is 4.22. The van der Waals surface area contributed by atoms with E-state index in [1.807, 2.05) is 0 Å². The van der Waals surface area contributed by atoms with Crippen molar-refractivity contribution in [2.45, 2.75) is 24.3 Å². The quantitative estimate of drug-likeness (QED) is 0.868. The Morgan fingerprint density at radius 2 is 1.95 bits per heavy atom. The van der Waals surface area contributed by atoms with Gasteiger partial charge in [0.2, 0.25) is 10.0 Å². The summed E-state index contributed by atoms with van der Waals surface area (Å²) in [5, 5.41) is 0.641. The first-order valence-electron chi connectivity index (χ1n) is 6.71. The lowest BCUT2D eigenvalue weighted by Crippen LogP contribution is -2.57. The van der Waals surface area contributed by atoms with E-state index in [0.29, 0.717) is 5.00 Å². The van der Waals surface area contributed by atoms with E-state index in [0.717, 1.165) is 31.2 Å². The van der Waals surface area contributed by atoms with Crippen LogP contribution in [-0.2, 0) is 10.0 Å². The molecule has 1 aromatic rings. The van der Waals surface area contributed by atoms with Crippen LogP contribution in [0.2, 0.25) is 0 Å². The molecule has 0 amide bonds. The fourth-order valence-corrected chi connectivity index (χ4v) is 4.57. The second-order valence-corrected chi connectivity index (χ2v) is 8.99. The SMILES string of the molecule is CN1CCN(c2snc(N)c2S(=O)(=O)N(C)C)CC1(C)C. The largest absolute Gasteiger partial charge is 0.382 e. The number of aromatic nitrogens is 1. The Morgan fingerprint density at radius 1 is 1.33 bits per heavy atom. The van der Waals surface area contributed by atoms with Crippen molar-refractivity contribution in [1.29, 1.82) is 0 Å². The van der Waals surface area contributed by atoms with E-state index in [2.05, 4.69) is 35.1 Å². The van der Waals surface area contributed by atoms with Crippen LogP contribution in [0, 0.1) is 0 Å². The number of rotatable bonds is 3. The third kappa shape index (κ3) is 2.87. The molecule has 0 radical (unpaired) electrons. The Labute approximate surface area is 130 Å². The Bertz CT molecular complexity index is 624. The monoisotopic (exact) mass is 333 g/mol. The number of anilines is 2. The van der Waals surface area contributed by atoms with Crippen molar-refractivity contribution in [2.75, 3.05) is 51.4 Å². The maximum Gasteiger partial charge on any atom is 0.249 e. The van der Waals surface area contributed by atoms with Crippen LogP contribution in [0.5, 0.6) is 0 Å². The molecule has 0 aliphatic carbocycles. The third-order valence-electron chi connectivity index (χ3n) is 4.00. The van der Waals surface area contributed by atoms with E-state index in [-0.39, 0.29) is 16.3 Å². The second-order valence-electron chi connectivity index (χ2n) is 6.15. The van der Waals surface area contributed by atoms with Gasteiger partial charge in [-0.15, -0.1) is 0 Å². The molecule has 21 heavy (non-hydrogen) atoms. The summed E-state index contributed by atoms with van der Waals surface area (Å²) < 4.78 is 30.2. The molecule has 0 spiro atoms. The summed E-state index contributed by atoms with van der Waals surface area (Å²) in [5.74, 6) is 0.0837. The Balaban J connectivity index is 2.44. The minimum atomic E-state index is -3.59. The van der Waals surface area contributed by atoms with Gasteiger partial charge in [0.1, 0.15) is 5.00 Å². The van der Waals surface area contributed by atoms with E-state index in [1.165, 1.54) is 18.4 Å². The minimum absolute atomic E-state index is 0.0316. The topological polar surface area (TPSA) is 82.8 Å². The maximum absolute atomic E-state index is 12.5. The molecule has 7 nitrogen and oxygen atoms in total. The zero-order chi connectivity index (χ0) is 16.0. The molecule has 120 valence electrons. The molecule has 2 N–H and O–H groups in total. The zero-order valence-electron chi connectivity index (χ0n) is 13.1. The molecule has 0 saturated carbocycles. The summed E-state index contributed by atoms with van der Waals surface area (Å²) in [6, 6.07) is 0. The van der Waals surface area contributed by atoms with E-state index in [9.17, 15) is 8.42 Å². The average Bonchev–Trinajstić information content (AvgIpc) is 2.75. The number of piperazine rings is 1. The molecule has 9 heteroatoms. The summed E-state index contributed by atoms with van der Waals surface area (Å²) >= 11 is 1.16. The zero-order valence-corrected chi connectivity index (χ0v) is 14.8. The molecule has 0 atom stereocenters. The molecule has 0 bridgehead atoms. The molecule has 2 heterocycles. The maximum atomic E-state index is 12.5. The van der Waals surface area contributed by atoms with Crippen molar-refractivity contribution >= 4 is 32.4 Å². The first-order valence-corrected chi connectivity index (χ1v) is 8.92. The second kappa shape index (κ2) is 5.38. The van der Waals surface area contributed by atoms with Gasteiger partial charge in [0.25, 0.3) is 0 Å². The molecule has 1 aliphatic heterocycles. The Hall–Kier alpha value is -0.900. The van der Waals surface area contributed by atoms with Crippen LogP contribution >= 0.6 is 11.5 Å². The van der Waals surface area contributed by atoms with Gasteiger partial charge in [0, 0.05) is 39.3 Å². The predicted octanol–water partition coefficient (Wildman–Crippen LogP) is 0.506. The van der Waals surface area contributed by atoms with Crippen LogP contribution < -0.4 is 10.6 Å². The highest BCUT2D eigenvalue weighted by molar-refractivity contribution is 7.89. The summed E-state index contributed by atoms with van der Waals surface area (Å²) in [5.41, 5.74) is 5.79. The highest BCUT2D eigenvalue weighted by Gasteiger charge is 2.36. The lowest BCUT2D eigenvalue weighted by molar-refractivity contribution is 0.139. The summed E-state index contributed by atoms with van der Waals surface area (Å²) in [6.07, 6.45) is 0. The number of hydrogen-bond donors (Lipinski definition) is 1. The van der Waals surface area contributed by atoms with Crippen molar-refractivity contribution in [3.05, 3.63) is 0 Å². The molecule has 0 aromatic carbocycles. The number of sulfonamides is 1. The molecule has 0 unspecified atom stereocenters. The fourth-order valence-electron chi connectivity index (χ4n) is 2.32. The fraction of sp³-hybridized carbons (Fsp3) is 0.750. The van der Waals surface area contributed by atoms with Gasteiger partial charge in [-0.2, -0.15) is 4.37 Å². The van der Waals surface area contributed by atoms with Crippen LogP contribution in [0.15, 0.2) is 4.90 Å². The first-order chi connectivity index (χ1) is 9.57. The van der Waals surface area contributed by atoms with Gasteiger partial charge in [-0.25, -0.2) is 12.7 Å². The van der Waals surface area contributed by atoms with Gasteiger partial charge in [-0.3, -0.25) is 4.90 Å². The lowest BCUT2D eigenvalue weighted by Gasteiger charge is -2.45. The molecule has 1 aliphatic rings. The molecule has 1 fully saturated rings. The molecular weight excluding hydrogens is 310 g/mol. The van der Waals surface area contributed by atoms with Crippen molar-refractivity contribution in [3.8, 4) is 0 Å². The third-order valence-corrected chi connectivity index (χ3v) is 6.93. The molecule has 2 rings (SSSR count). The normalized spacial score (nSPS) is 20.2. The number of likely N-dealkylation sites (N-methyl/N-ethyl adjacent to an activating group) is 1. The predicted molar refractivity (Wildman–Crippen MR) is 86.3 cm³/mol. The number of hydrogen-bond acceptors (Lipinski definition) is 7. The number of nitrogen functional groups attached to an aromatic ring is 1. The molecule has 1 aromatic heterocycles. The van der Waals surface area contributed by atoms with Crippen LogP contribution in [-0.4, -0.2) is 68.3 Å². The van der Waals surface area contributed by atoms with Gasteiger partial charge in [0.05, 0.1) is 0 Å². The van der Waals surface area contributed by atoms with Crippen LogP contribution in [0.25, 0.3) is 0 Å². The lowest BCUT2D eigenvalue weighted by atomic mass is 10.00. The van der Waals surface area contributed by atoms with Crippen LogP contribution in [0.3, 0.4) is 0 Å². The van der Waals surface area contributed by atoms with Gasteiger partial charge in [-0.1, -0.05) is 0 Å². The average molecular weight is 333 g/mol. The first kappa shape index (κ1) is 16.5. The number of nitrogens with zero attached hydrogens (tertiary/aromatic N) is 4. The van der Waals surface area contributed by atoms with Gasteiger partial charge in [-0.05, 0) is 32.4 Å². The van der Waals surface area contributed by atoms with Gasteiger partial charge >= 0.3 is 0 Å². The van der Waals surface area contributed by atoms with E-state index >= 15 is 0 Å². The minimum Gasteiger partial charge on any atom is -0.382 e. The highest BCUT2D eigenvalue weighted by atomic mass is 32.2. The van der Waals surface area contributed by atoms with E-state index in [1.54, 1.807) is 0 Å². The van der Waals surface area contributed by atoms with Gasteiger partial charge in [0.15, 0.2) is 10.7 Å². The standard InChI is InChI=1S/C12H23N5O2S2/c1-12(2)8-17(7-6-16(12)5)11-9(10(13)14-20-11)21(18,19)15(3)4/h6-8H2,1-5H3,(H2,13,14). The van der Waals surface area contributed by atoms with Crippen LogP contribution in [0.1, 0.15) is 13.8 Å². The molecule has 1 saturated heterocycles. The van der Waals surface area contributed by atoms with Gasteiger partial charge < -0.3 is 10.6 Å².